The topological polar surface area (TPSA) is 55.2 Å². The summed E-state index contributed by atoms with van der Waals surface area (Å²) in [5.74, 6) is 0.0978. The molecule has 29 heavy (non-hydrogen) atoms. The molecule has 1 fully saturated rings. The van der Waals surface area contributed by atoms with Gasteiger partial charge in [0, 0.05) is 54.1 Å². The van der Waals surface area contributed by atoms with E-state index in [1.54, 1.807) is 36.8 Å². The lowest BCUT2D eigenvalue weighted by Gasteiger charge is -2.31. The number of ketones is 1. The summed E-state index contributed by atoms with van der Waals surface area (Å²) in [5.41, 5.74) is 2.39. The molecule has 5 nitrogen and oxygen atoms in total. The molecule has 1 aliphatic rings. The molecule has 0 spiro atoms. The Morgan fingerprint density at radius 2 is 1.76 bits per heavy atom. The molecule has 0 atom stereocenters. The van der Waals surface area contributed by atoms with Crippen LogP contribution in [0.25, 0.3) is 0 Å². The van der Waals surface area contributed by atoms with Gasteiger partial charge in [0.05, 0.1) is 6.33 Å². The van der Waals surface area contributed by atoms with Crippen LogP contribution in [0.1, 0.15) is 39.1 Å². The number of benzene rings is 2. The molecule has 0 saturated carbocycles. The van der Waals surface area contributed by atoms with E-state index in [1.165, 1.54) is 0 Å². The number of amides is 1. The van der Waals surface area contributed by atoms with Gasteiger partial charge >= 0.3 is 0 Å². The molecule has 0 radical (unpaired) electrons. The molecule has 2 heterocycles. The van der Waals surface area contributed by atoms with Crippen molar-refractivity contribution in [1.29, 1.82) is 0 Å². The summed E-state index contributed by atoms with van der Waals surface area (Å²) >= 11 is 5.90. The number of hydrogen-bond acceptors (Lipinski definition) is 3. The standard InChI is InChI=1S/C23H22ClN3O2/c24-20-7-5-18(6-8-20)23(29)27-12-9-17(10-13-27)22(28)21-4-2-1-3-19(21)15-26-14-11-25-16-26/h1-8,11,14,16-17H,9-10,12-13,15H2. The molecular formula is C23H22ClN3O2. The zero-order valence-electron chi connectivity index (χ0n) is 16.0. The Balaban J connectivity index is 1.42. The van der Waals surface area contributed by atoms with Gasteiger partial charge in [0.1, 0.15) is 0 Å². The molecule has 3 aromatic rings. The number of piperidine rings is 1. The summed E-state index contributed by atoms with van der Waals surface area (Å²) in [7, 11) is 0. The molecule has 0 unspecified atom stereocenters. The summed E-state index contributed by atoms with van der Waals surface area (Å²) in [6.07, 6.45) is 6.73. The Kier molecular flexibility index (Phi) is 5.76. The van der Waals surface area contributed by atoms with E-state index in [4.69, 9.17) is 11.6 Å². The molecule has 0 aliphatic carbocycles. The van der Waals surface area contributed by atoms with E-state index in [0.29, 0.717) is 43.1 Å². The predicted octanol–water partition coefficient (Wildman–Crippen LogP) is 4.32. The van der Waals surface area contributed by atoms with E-state index < -0.39 is 0 Å². The number of nitrogens with zero attached hydrogens (tertiary/aromatic N) is 3. The second-order valence-electron chi connectivity index (χ2n) is 7.33. The van der Waals surface area contributed by atoms with Crippen LogP contribution < -0.4 is 0 Å². The summed E-state index contributed by atoms with van der Waals surface area (Å²) in [5, 5.41) is 0.611. The van der Waals surface area contributed by atoms with Crippen molar-refractivity contribution in [3.8, 4) is 0 Å². The molecule has 1 saturated heterocycles. The second-order valence-corrected chi connectivity index (χ2v) is 7.77. The van der Waals surface area contributed by atoms with Crippen LogP contribution in [0.3, 0.4) is 0 Å². The van der Waals surface area contributed by atoms with Gasteiger partial charge < -0.3 is 9.47 Å². The van der Waals surface area contributed by atoms with Crippen LogP contribution in [0.5, 0.6) is 0 Å². The van der Waals surface area contributed by atoms with Crippen molar-refractivity contribution in [2.24, 2.45) is 5.92 Å². The Bertz CT molecular complexity index is 991. The Hall–Kier alpha value is -2.92. The van der Waals surface area contributed by atoms with Gasteiger partial charge in [0.25, 0.3) is 5.91 Å². The highest BCUT2D eigenvalue weighted by molar-refractivity contribution is 6.30. The summed E-state index contributed by atoms with van der Waals surface area (Å²) < 4.78 is 1.96. The summed E-state index contributed by atoms with van der Waals surface area (Å²) in [4.78, 5) is 31.8. The van der Waals surface area contributed by atoms with E-state index in [1.807, 2.05) is 39.9 Å². The minimum absolute atomic E-state index is 0.00641. The van der Waals surface area contributed by atoms with Crippen LogP contribution in [-0.2, 0) is 6.54 Å². The molecule has 1 aromatic heterocycles. The van der Waals surface area contributed by atoms with Crippen molar-refractivity contribution >= 4 is 23.3 Å². The predicted molar refractivity (Wildman–Crippen MR) is 112 cm³/mol. The quantitative estimate of drug-likeness (QED) is 0.592. The number of hydrogen-bond donors (Lipinski definition) is 0. The monoisotopic (exact) mass is 407 g/mol. The van der Waals surface area contributed by atoms with Gasteiger partial charge in [0.2, 0.25) is 0 Å². The van der Waals surface area contributed by atoms with E-state index in [2.05, 4.69) is 4.98 Å². The first-order valence-electron chi connectivity index (χ1n) is 9.74. The highest BCUT2D eigenvalue weighted by Gasteiger charge is 2.29. The van der Waals surface area contributed by atoms with E-state index in [9.17, 15) is 9.59 Å². The lowest BCUT2D eigenvalue weighted by atomic mass is 9.87. The SMILES string of the molecule is O=C(c1ccccc1Cn1ccnc1)C1CCN(C(=O)c2ccc(Cl)cc2)CC1. The van der Waals surface area contributed by atoms with Crippen molar-refractivity contribution in [3.05, 3.63) is 89.0 Å². The molecule has 1 amide bonds. The lowest BCUT2D eigenvalue weighted by Crippen LogP contribution is -2.40. The van der Waals surface area contributed by atoms with E-state index in [0.717, 1.165) is 11.1 Å². The van der Waals surface area contributed by atoms with Crippen molar-refractivity contribution in [2.45, 2.75) is 19.4 Å². The number of carbonyl (C=O) groups excluding carboxylic acids is 2. The van der Waals surface area contributed by atoms with E-state index in [-0.39, 0.29) is 17.6 Å². The van der Waals surface area contributed by atoms with Crippen molar-refractivity contribution in [3.63, 3.8) is 0 Å². The van der Waals surface area contributed by atoms with Gasteiger partial charge in [-0.15, -0.1) is 0 Å². The first kappa shape index (κ1) is 19.4. The van der Waals surface area contributed by atoms with Crippen LogP contribution in [0.2, 0.25) is 5.02 Å². The van der Waals surface area contributed by atoms with Crippen LogP contribution in [-0.4, -0.2) is 39.2 Å². The third kappa shape index (κ3) is 4.40. The number of carbonyl (C=O) groups is 2. The average molecular weight is 408 g/mol. The normalized spacial score (nSPS) is 14.7. The number of rotatable bonds is 5. The molecular weight excluding hydrogens is 386 g/mol. The zero-order valence-corrected chi connectivity index (χ0v) is 16.8. The van der Waals surface area contributed by atoms with Gasteiger partial charge in [-0.3, -0.25) is 9.59 Å². The van der Waals surface area contributed by atoms with Crippen LogP contribution in [0.4, 0.5) is 0 Å². The Morgan fingerprint density at radius 1 is 1.03 bits per heavy atom. The maximum atomic E-state index is 13.2. The van der Waals surface area contributed by atoms with Crippen molar-refractivity contribution in [2.75, 3.05) is 13.1 Å². The molecule has 4 rings (SSSR count). The fourth-order valence-corrected chi connectivity index (χ4v) is 3.94. The van der Waals surface area contributed by atoms with Gasteiger partial charge in [0.15, 0.2) is 5.78 Å². The molecule has 2 aromatic carbocycles. The number of aromatic nitrogens is 2. The first-order chi connectivity index (χ1) is 14.1. The average Bonchev–Trinajstić information content (AvgIpc) is 3.27. The third-order valence-corrected chi connectivity index (χ3v) is 5.69. The highest BCUT2D eigenvalue weighted by atomic mass is 35.5. The summed E-state index contributed by atoms with van der Waals surface area (Å²) in [6.45, 7) is 1.79. The van der Waals surface area contributed by atoms with Crippen molar-refractivity contribution < 1.29 is 9.59 Å². The Labute approximate surface area is 174 Å². The Morgan fingerprint density at radius 3 is 2.45 bits per heavy atom. The second kappa shape index (κ2) is 8.62. The van der Waals surface area contributed by atoms with Crippen LogP contribution >= 0.6 is 11.6 Å². The lowest BCUT2D eigenvalue weighted by molar-refractivity contribution is 0.0650. The third-order valence-electron chi connectivity index (χ3n) is 5.44. The number of halogens is 1. The minimum atomic E-state index is -0.0618. The summed E-state index contributed by atoms with van der Waals surface area (Å²) in [6, 6.07) is 14.7. The zero-order chi connectivity index (χ0) is 20.2. The minimum Gasteiger partial charge on any atom is -0.339 e. The van der Waals surface area contributed by atoms with Gasteiger partial charge in [-0.05, 0) is 42.7 Å². The largest absolute Gasteiger partial charge is 0.339 e. The maximum absolute atomic E-state index is 13.2. The number of likely N-dealkylation sites (tertiary alicyclic amines) is 1. The first-order valence-corrected chi connectivity index (χ1v) is 10.1. The fraction of sp³-hybridized carbons (Fsp3) is 0.261. The van der Waals surface area contributed by atoms with Gasteiger partial charge in [-0.2, -0.15) is 0 Å². The number of imidazole rings is 1. The molecule has 0 N–H and O–H groups in total. The van der Waals surface area contributed by atoms with Crippen LogP contribution in [0, 0.1) is 5.92 Å². The number of Topliss-reactive ketones (excluding diaryl/α,β-unsaturated/α-hetero) is 1. The maximum Gasteiger partial charge on any atom is 0.253 e. The fourth-order valence-electron chi connectivity index (χ4n) is 3.82. The van der Waals surface area contributed by atoms with Gasteiger partial charge in [-0.1, -0.05) is 35.9 Å². The molecule has 6 heteroatoms. The van der Waals surface area contributed by atoms with Gasteiger partial charge in [-0.25, -0.2) is 4.98 Å². The molecule has 0 bridgehead atoms. The molecule has 148 valence electrons. The van der Waals surface area contributed by atoms with E-state index >= 15 is 0 Å². The smallest absolute Gasteiger partial charge is 0.253 e. The highest BCUT2D eigenvalue weighted by Crippen LogP contribution is 2.25. The molecule has 1 aliphatic heterocycles. The van der Waals surface area contributed by atoms with Crippen molar-refractivity contribution in [1.82, 2.24) is 14.5 Å². The van der Waals surface area contributed by atoms with Crippen LogP contribution in [0.15, 0.2) is 67.3 Å².